The number of hydrogen-bond acceptors (Lipinski definition) is 9. The number of aromatic nitrogens is 1. The molecule has 14 heteroatoms. The Balaban J connectivity index is 2.25. The SMILES string of the molecule is C/C=C(/CC(N)/C(=C/CC)NCC(=O)NC(CCCN=C(N)N)/C(=C/CC)NCC(=O)NC(Cc1c[nH]c2ccccc12)/C(=C/CC)NCC(C)=O)N=CCCC. The van der Waals surface area contributed by atoms with Crippen LogP contribution in [0.15, 0.2) is 87.5 Å². The summed E-state index contributed by atoms with van der Waals surface area (Å²) in [5.74, 6) is -0.493. The summed E-state index contributed by atoms with van der Waals surface area (Å²) in [5.41, 5.74) is 23.0. The molecule has 0 radical (unpaired) electrons. The van der Waals surface area contributed by atoms with Crippen molar-refractivity contribution in [1.82, 2.24) is 31.6 Å². The number of unbranched alkanes of at least 4 members (excludes halogenated alkanes) is 1. The summed E-state index contributed by atoms with van der Waals surface area (Å²) >= 11 is 0. The first-order chi connectivity index (χ1) is 27.4. The Labute approximate surface area is 339 Å². The van der Waals surface area contributed by atoms with Crippen LogP contribution in [-0.2, 0) is 20.8 Å². The van der Waals surface area contributed by atoms with Gasteiger partial charge in [-0.2, -0.15) is 0 Å². The van der Waals surface area contributed by atoms with Crippen LogP contribution in [0.2, 0.25) is 0 Å². The minimum atomic E-state index is -0.453. The van der Waals surface area contributed by atoms with Crippen LogP contribution in [0.1, 0.15) is 98.5 Å². The number of Topliss-reactive ketones (excluding diaryl/α,β-unsaturated/α-hetero) is 1. The molecule has 14 nitrogen and oxygen atoms in total. The Kier molecular flexibility index (Phi) is 22.9. The molecule has 0 spiro atoms. The van der Waals surface area contributed by atoms with E-state index in [0.717, 1.165) is 52.8 Å². The Morgan fingerprint density at radius 1 is 0.842 bits per heavy atom. The molecular weight excluding hydrogens is 719 g/mol. The van der Waals surface area contributed by atoms with Crippen LogP contribution in [-0.4, -0.2) is 79.1 Å². The zero-order valence-corrected chi connectivity index (χ0v) is 35.0. The highest BCUT2D eigenvalue weighted by Gasteiger charge is 2.22. The van der Waals surface area contributed by atoms with Crippen LogP contribution in [0.3, 0.4) is 0 Å². The lowest BCUT2D eigenvalue weighted by molar-refractivity contribution is -0.121. The predicted octanol–water partition coefficient (Wildman–Crippen LogP) is 4.47. The molecule has 2 aromatic rings. The molecule has 12 N–H and O–H groups in total. The number of ketones is 1. The molecule has 0 aliphatic rings. The van der Waals surface area contributed by atoms with Gasteiger partial charge in [-0.25, -0.2) is 0 Å². The van der Waals surface area contributed by atoms with Crippen molar-refractivity contribution < 1.29 is 14.4 Å². The summed E-state index contributed by atoms with van der Waals surface area (Å²) in [7, 11) is 0. The number of benzene rings is 1. The maximum Gasteiger partial charge on any atom is 0.239 e. The Bertz CT molecular complexity index is 1730. The van der Waals surface area contributed by atoms with Crippen molar-refractivity contribution in [3.8, 4) is 0 Å². The molecule has 2 rings (SSSR count). The first kappa shape index (κ1) is 47.8. The third kappa shape index (κ3) is 18.4. The van der Waals surface area contributed by atoms with Crippen molar-refractivity contribution in [2.75, 3.05) is 26.2 Å². The summed E-state index contributed by atoms with van der Waals surface area (Å²) in [5, 5.41) is 17.3. The van der Waals surface area contributed by atoms with E-state index in [1.807, 2.05) is 88.7 Å². The maximum atomic E-state index is 13.8. The van der Waals surface area contributed by atoms with Crippen LogP contribution < -0.4 is 43.8 Å². The summed E-state index contributed by atoms with van der Waals surface area (Å²) in [6.07, 6.45) is 18.0. The lowest BCUT2D eigenvalue weighted by Crippen LogP contribution is -2.48. The van der Waals surface area contributed by atoms with Crippen molar-refractivity contribution >= 4 is 40.7 Å². The fourth-order valence-electron chi connectivity index (χ4n) is 6.23. The third-order valence-corrected chi connectivity index (χ3v) is 9.02. The molecule has 0 fully saturated rings. The van der Waals surface area contributed by atoms with Gasteiger partial charge in [-0.05, 0) is 64.0 Å². The number of fused-ring (bicyclic) bond motifs is 1. The first-order valence-electron chi connectivity index (χ1n) is 20.4. The van der Waals surface area contributed by atoms with Crippen LogP contribution >= 0.6 is 0 Å². The molecule has 3 atom stereocenters. The number of H-pyrrole nitrogens is 1. The maximum absolute atomic E-state index is 13.8. The molecule has 57 heavy (non-hydrogen) atoms. The number of para-hydroxylation sites is 1. The van der Waals surface area contributed by atoms with Gasteiger partial charge in [0.25, 0.3) is 0 Å². The van der Waals surface area contributed by atoms with Crippen molar-refractivity contribution in [1.29, 1.82) is 0 Å². The standard InChI is InChI=1S/C43H69N11O3/c1-7-12-22-47-32(11-5)25-34(44)36(16-8-2)51-28-41(56)53-39(21-15-23-48-43(45)46)37(17-9-3)52-29-42(57)54-40(38(18-10-4)49-26-30(6)55)24-31-27-50-35-20-14-13-19-33(31)35/h11,13-14,16-20,22,27,34,39-40,49-52H,7-10,12,15,21,23-26,28-29,44H2,1-6H3,(H,53,56)(H,54,57)(H4,45,46,48)/b32-11-,36-16-,37-17-,38-18-,47-22?. The Hall–Kier alpha value is -5.37. The van der Waals surface area contributed by atoms with E-state index in [2.05, 4.69) is 48.5 Å². The Morgan fingerprint density at radius 3 is 2.05 bits per heavy atom. The number of allylic oxidation sites excluding steroid dienone is 4. The van der Waals surface area contributed by atoms with Gasteiger partial charge in [-0.15, -0.1) is 0 Å². The number of carbonyl (C=O) groups is 3. The first-order valence-corrected chi connectivity index (χ1v) is 20.4. The van der Waals surface area contributed by atoms with E-state index in [4.69, 9.17) is 17.2 Å². The summed E-state index contributed by atoms with van der Waals surface area (Å²) in [6.45, 7) is 12.1. The number of nitrogens with zero attached hydrogens (tertiary/aromatic N) is 2. The average Bonchev–Trinajstić information content (AvgIpc) is 3.59. The summed E-state index contributed by atoms with van der Waals surface area (Å²) < 4.78 is 0. The van der Waals surface area contributed by atoms with Gasteiger partial charge in [0.1, 0.15) is 5.78 Å². The highest BCUT2D eigenvalue weighted by molar-refractivity contribution is 5.84. The smallest absolute Gasteiger partial charge is 0.239 e. The molecule has 1 aromatic carbocycles. The fourth-order valence-corrected chi connectivity index (χ4v) is 6.23. The van der Waals surface area contributed by atoms with Gasteiger partial charge >= 0.3 is 0 Å². The van der Waals surface area contributed by atoms with Crippen LogP contribution in [0.4, 0.5) is 0 Å². The molecule has 0 saturated heterocycles. The molecule has 0 saturated carbocycles. The second-order valence-electron chi connectivity index (χ2n) is 13.9. The number of nitrogens with one attached hydrogen (secondary N) is 6. The molecule has 1 heterocycles. The molecule has 3 unspecified atom stereocenters. The molecular formula is C43H69N11O3. The van der Waals surface area contributed by atoms with Crippen molar-refractivity contribution in [2.24, 2.45) is 27.2 Å². The minimum absolute atomic E-state index is 0.000843. The molecule has 314 valence electrons. The number of aliphatic imine (C=N–C) groups is 2. The topological polar surface area (TPSA) is 230 Å². The van der Waals surface area contributed by atoms with Crippen molar-refractivity contribution in [2.45, 2.75) is 117 Å². The van der Waals surface area contributed by atoms with Gasteiger partial charge in [-0.3, -0.25) is 24.4 Å². The number of rotatable bonds is 28. The number of hydrogen-bond donors (Lipinski definition) is 9. The van der Waals surface area contributed by atoms with Gasteiger partial charge in [0.15, 0.2) is 5.96 Å². The van der Waals surface area contributed by atoms with E-state index < -0.39 is 12.1 Å². The number of nitrogens with two attached hydrogens (primary N) is 3. The Morgan fingerprint density at radius 2 is 1.44 bits per heavy atom. The van der Waals surface area contributed by atoms with Crippen molar-refractivity contribution in [3.05, 3.63) is 83.1 Å². The van der Waals surface area contributed by atoms with Crippen LogP contribution in [0.25, 0.3) is 10.9 Å². The molecule has 0 aliphatic heterocycles. The fraction of sp³-hybridized carbons (Fsp3) is 0.512. The molecule has 1 aromatic heterocycles. The van der Waals surface area contributed by atoms with Gasteiger partial charge in [0.2, 0.25) is 11.8 Å². The highest BCUT2D eigenvalue weighted by Crippen LogP contribution is 2.21. The normalized spacial score (nSPS) is 14.2. The average molecular weight is 788 g/mol. The lowest BCUT2D eigenvalue weighted by atomic mass is 10.0. The zero-order chi connectivity index (χ0) is 42.0. The van der Waals surface area contributed by atoms with Crippen LogP contribution in [0, 0.1) is 0 Å². The number of aromatic amines is 1. The highest BCUT2D eigenvalue weighted by atomic mass is 16.2. The summed E-state index contributed by atoms with van der Waals surface area (Å²) in [6, 6.07) is 6.78. The second kappa shape index (κ2) is 27.3. The molecule has 2 amide bonds. The molecule has 0 aliphatic carbocycles. The lowest BCUT2D eigenvalue weighted by Gasteiger charge is -2.26. The number of guanidine groups is 1. The number of amides is 2. The quantitative estimate of drug-likeness (QED) is 0.0336. The van der Waals surface area contributed by atoms with E-state index in [1.165, 1.54) is 6.92 Å². The predicted molar refractivity (Wildman–Crippen MR) is 235 cm³/mol. The van der Waals surface area contributed by atoms with E-state index in [9.17, 15) is 14.4 Å². The largest absolute Gasteiger partial charge is 0.380 e. The van der Waals surface area contributed by atoms with Gasteiger partial charge in [-0.1, -0.05) is 76.6 Å². The van der Waals surface area contributed by atoms with Gasteiger partial charge in [0.05, 0.1) is 31.7 Å². The third-order valence-electron chi connectivity index (χ3n) is 9.02. The minimum Gasteiger partial charge on any atom is -0.380 e. The second-order valence-corrected chi connectivity index (χ2v) is 13.9. The number of carbonyl (C=O) groups excluding carboxylic acids is 3. The molecule has 0 bridgehead atoms. The van der Waals surface area contributed by atoms with Gasteiger partial charge in [0, 0.05) is 71.5 Å². The van der Waals surface area contributed by atoms with E-state index in [0.29, 0.717) is 50.8 Å². The van der Waals surface area contributed by atoms with E-state index in [-0.39, 0.29) is 49.2 Å². The monoisotopic (exact) mass is 788 g/mol. The van der Waals surface area contributed by atoms with E-state index in [1.54, 1.807) is 0 Å². The van der Waals surface area contributed by atoms with E-state index >= 15 is 0 Å². The summed E-state index contributed by atoms with van der Waals surface area (Å²) in [4.78, 5) is 51.3. The van der Waals surface area contributed by atoms with Gasteiger partial charge < -0.3 is 48.8 Å². The zero-order valence-electron chi connectivity index (χ0n) is 35.0. The van der Waals surface area contributed by atoms with Crippen LogP contribution in [0.5, 0.6) is 0 Å². The van der Waals surface area contributed by atoms with Crippen molar-refractivity contribution in [3.63, 3.8) is 0 Å².